The zero-order valence-electron chi connectivity index (χ0n) is 15.3. The molecule has 0 bridgehead atoms. The molecule has 0 radical (unpaired) electrons. The molecule has 4 rings (SSSR count). The van der Waals surface area contributed by atoms with Crippen LogP contribution in [0.2, 0.25) is 0 Å². The van der Waals surface area contributed by atoms with Crippen molar-refractivity contribution in [1.29, 1.82) is 0 Å². The van der Waals surface area contributed by atoms with Crippen LogP contribution in [-0.2, 0) is 9.59 Å². The van der Waals surface area contributed by atoms with E-state index in [0.717, 1.165) is 31.2 Å². The summed E-state index contributed by atoms with van der Waals surface area (Å²) in [6.07, 6.45) is 3.58. The van der Waals surface area contributed by atoms with Gasteiger partial charge in [0, 0.05) is 11.3 Å². The number of nitrogens with one attached hydrogen (secondary N) is 1. The number of carbonyl (C=O) groups excluding carboxylic acids is 3. The van der Waals surface area contributed by atoms with Crippen molar-refractivity contribution in [2.24, 2.45) is 11.8 Å². The van der Waals surface area contributed by atoms with Crippen LogP contribution >= 0.6 is 0 Å². The van der Waals surface area contributed by atoms with Gasteiger partial charge < -0.3 is 5.32 Å². The van der Waals surface area contributed by atoms with E-state index in [9.17, 15) is 14.4 Å². The lowest BCUT2D eigenvalue weighted by Crippen LogP contribution is -2.30. The molecule has 1 saturated carbocycles. The number of imide groups is 1. The molecule has 3 amide bonds. The molecule has 2 atom stereocenters. The number of nitrogens with zero attached hydrogens (tertiary/aromatic N) is 1. The average molecular weight is 362 g/mol. The standard InChI is InChI=1S/C22H22N2O3/c1-14-9-11-15(12-10-14)20(25)23-16-5-4-6-17(13-16)24-21(26)18-7-2-3-8-19(18)22(24)27/h4-6,9-13,18-19H,2-3,7-8H2,1H3,(H,23,25). The molecule has 2 aromatic rings. The van der Waals surface area contributed by atoms with Crippen molar-refractivity contribution in [3.05, 3.63) is 59.7 Å². The monoisotopic (exact) mass is 362 g/mol. The summed E-state index contributed by atoms with van der Waals surface area (Å²) in [6, 6.07) is 14.3. The quantitative estimate of drug-likeness (QED) is 0.842. The Morgan fingerprint density at radius 2 is 1.59 bits per heavy atom. The van der Waals surface area contributed by atoms with Crippen LogP contribution in [0.4, 0.5) is 11.4 Å². The minimum Gasteiger partial charge on any atom is -0.322 e. The molecule has 27 heavy (non-hydrogen) atoms. The molecule has 1 aliphatic carbocycles. The van der Waals surface area contributed by atoms with Gasteiger partial charge in [-0.05, 0) is 50.1 Å². The normalized spacial score (nSPS) is 21.9. The third-order valence-electron chi connectivity index (χ3n) is 5.52. The van der Waals surface area contributed by atoms with Crippen LogP contribution in [0.25, 0.3) is 0 Å². The second kappa shape index (κ2) is 6.99. The highest BCUT2D eigenvalue weighted by molar-refractivity contribution is 6.22. The predicted molar refractivity (Wildman–Crippen MR) is 104 cm³/mol. The van der Waals surface area contributed by atoms with Crippen molar-refractivity contribution in [2.75, 3.05) is 10.2 Å². The highest BCUT2D eigenvalue weighted by atomic mass is 16.2. The van der Waals surface area contributed by atoms with E-state index in [0.29, 0.717) is 16.9 Å². The summed E-state index contributed by atoms with van der Waals surface area (Å²) in [5, 5.41) is 2.85. The number of anilines is 2. The maximum Gasteiger partial charge on any atom is 0.255 e. The minimum atomic E-state index is -0.222. The fourth-order valence-electron chi connectivity index (χ4n) is 4.05. The smallest absolute Gasteiger partial charge is 0.255 e. The van der Waals surface area contributed by atoms with E-state index >= 15 is 0 Å². The lowest BCUT2D eigenvalue weighted by atomic mass is 9.81. The van der Waals surface area contributed by atoms with Crippen LogP contribution in [-0.4, -0.2) is 17.7 Å². The van der Waals surface area contributed by atoms with Gasteiger partial charge in [-0.15, -0.1) is 0 Å². The number of fused-ring (bicyclic) bond motifs is 1. The van der Waals surface area contributed by atoms with E-state index in [1.54, 1.807) is 36.4 Å². The number of carbonyl (C=O) groups is 3. The first-order valence-corrected chi connectivity index (χ1v) is 9.40. The van der Waals surface area contributed by atoms with Crippen LogP contribution in [0.3, 0.4) is 0 Å². The predicted octanol–water partition coefficient (Wildman–Crippen LogP) is 3.93. The molecular weight excluding hydrogens is 340 g/mol. The summed E-state index contributed by atoms with van der Waals surface area (Å²) in [6.45, 7) is 1.97. The van der Waals surface area contributed by atoms with Crippen molar-refractivity contribution in [2.45, 2.75) is 32.6 Å². The Hall–Kier alpha value is -2.95. The van der Waals surface area contributed by atoms with Gasteiger partial charge in [0.2, 0.25) is 11.8 Å². The first kappa shape index (κ1) is 17.5. The van der Waals surface area contributed by atoms with E-state index in [-0.39, 0.29) is 29.6 Å². The Kier molecular flexibility index (Phi) is 4.52. The summed E-state index contributed by atoms with van der Waals surface area (Å²) < 4.78 is 0. The molecule has 2 unspecified atom stereocenters. The molecule has 5 heteroatoms. The van der Waals surface area contributed by atoms with E-state index < -0.39 is 0 Å². The molecule has 2 aromatic carbocycles. The van der Waals surface area contributed by atoms with E-state index in [1.165, 1.54) is 4.90 Å². The molecular formula is C22H22N2O3. The highest BCUT2D eigenvalue weighted by Gasteiger charge is 2.48. The second-order valence-corrected chi connectivity index (χ2v) is 7.38. The fourth-order valence-corrected chi connectivity index (χ4v) is 4.05. The lowest BCUT2D eigenvalue weighted by Gasteiger charge is -2.19. The Balaban J connectivity index is 1.56. The third-order valence-corrected chi connectivity index (χ3v) is 5.52. The van der Waals surface area contributed by atoms with Gasteiger partial charge in [-0.3, -0.25) is 14.4 Å². The van der Waals surface area contributed by atoms with Gasteiger partial charge in [0.05, 0.1) is 17.5 Å². The largest absolute Gasteiger partial charge is 0.322 e. The summed E-state index contributed by atoms with van der Waals surface area (Å²) in [5.74, 6) is -0.799. The zero-order chi connectivity index (χ0) is 19.0. The number of amides is 3. The van der Waals surface area contributed by atoms with Gasteiger partial charge in [-0.25, -0.2) is 4.90 Å². The zero-order valence-corrected chi connectivity index (χ0v) is 15.3. The van der Waals surface area contributed by atoms with Crippen LogP contribution < -0.4 is 10.2 Å². The van der Waals surface area contributed by atoms with Gasteiger partial charge in [0.25, 0.3) is 5.91 Å². The number of hydrogen-bond donors (Lipinski definition) is 1. The van der Waals surface area contributed by atoms with Crippen molar-refractivity contribution in [3.63, 3.8) is 0 Å². The van der Waals surface area contributed by atoms with Crippen molar-refractivity contribution in [3.8, 4) is 0 Å². The van der Waals surface area contributed by atoms with E-state index in [2.05, 4.69) is 5.32 Å². The summed E-state index contributed by atoms with van der Waals surface area (Å²) in [5.41, 5.74) is 2.74. The van der Waals surface area contributed by atoms with Gasteiger partial charge >= 0.3 is 0 Å². The van der Waals surface area contributed by atoms with Crippen LogP contribution in [0.5, 0.6) is 0 Å². The molecule has 2 fully saturated rings. The van der Waals surface area contributed by atoms with E-state index in [4.69, 9.17) is 0 Å². The maximum atomic E-state index is 12.8. The molecule has 1 saturated heterocycles. The second-order valence-electron chi connectivity index (χ2n) is 7.38. The molecule has 0 aromatic heterocycles. The molecule has 138 valence electrons. The molecule has 0 spiro atoms. The Bertz CT molecular complexity index is 880. The van der Waals surface area contributed by atoms with Crippen molar-refractivity contribution < 1.29 is 14.4 Å². The first-order valence-electron chi connectivity index (χ1n) is 9.40. The number of benzene rings is 2. The lowest BCUT2D eigenvalue weighted by molar-refractivity contribution is -0.122. The summed E-state index contributed by atoms with van der Waals surface area (Å²) in [7, 11) is 0. The Labute approximate surface area is 158 Å². The summed E-state index contributed by atoms with van der Waals surface area (Å²) >= 11 is 0. The van der Waals surface area contributed by atoms with Crippen LogP contribution in [0, 0.1) is 18.8 Å². The van der Waals surface area contributed by atoms with Gasteiger partial charge in [-0.2, -0.15) is 0 Å². The minimum absolute atomic E-state index is 0.105. The topological polar surface area (TPSA) is 66.5 Å². The molecule has 5 nitrogen and oxygen atoms in total. The van der Waals surface area contributed by atoms with Crippen LogP contribution in [0.15, 0.2) is 48.5 Å². The van der Waals surface area contributed by atoms with E-state index in [1.807, 2.05) is 19.1 Å². The Morgan fingerprint density at radius 1 is 0.963 bits per heavy atom. The fraction of sp³-hybridized carbons (Fsp3) is 0.318. The van der Waals surface area contributed by atoms with Gasteiger partial charge in [0.15, 0.2) is 0 Å². The molecule has 1 N–H and O–H groups in total. The Morgan fingerprint density at radius 3 is 2.22 bits per heavy atom. The third kappa shape index (κ3) is 3.25. The number of rotatable bonds is 3. The molecule has 1 aliphatic heterocycles. The van der Waals surface area contributed by atoms with Crippen molar-refractivity contribution in [1.82, 2.24) is 0 Å². The van der Waals surface area contributed by atoms with Crippen molar-refractivity contribution >= 4 is 29.1 Å². The van der Waals surface area contributed by atoms with Crippen LogP contribution in [0.1, 0.15) is 41.6 Å². The first-order chi connectivity index (χ1) is 13.0. The SMILES string of the molecule is Cc1ccc(C(=O)Nc2cccc(N3C(=O)C4CCCCC4C3=O)c2)cc1. The highest BCUT2D eigenvalue weighted by Crippen LogP contribution is 2.40. The number of hydrogen-bond acceptors (Lipinski definition) is 3. The maximum absolute atomic E-state index is 12.8. The molecule has 1 heterocycles. The number of aryl methyl sites for hydroxylation is 1. The van der Waals surface area contributed by atoms with Gasteiger partial charge in [-0.1, -0.05) is 36.6 Å². The average Bonchev–Trinajstić information content (AvgIpc) is 2.93. The molecule has 2 aliphatic rings. The summed E-state index contributed by atoms with van der Waals surface area (Å²) in [4.78, 5) is 39.3. The van der Waals surface area contributed by atoms with Gasteiger partial charge in [0.1, 0.15) is 0 Å².